The molecule has 0 fully saturated rings. The summed E-state index contributed by atoms with van der Waals surface area (Å²) in [6.07, 6.45) is 22.2. The molecule has 2 aliphatic rings. The Morgan fingerprint density at radius 3 is 1.32 bits per heavy atom. The first kappa shape index (κ1) is 35.7. The molecule has 2 aliphatic carbocycles. The molecule has 0 saturated heterocycles. The molecule has 4 nitrogen and oxygen atoms in total. The van der Waals surface area contributed by atoms with Crippen LogP contribution in [-0.4, -0.2) is 19.1 Å². The van der Waals surface area contributed by atoms with Crippen LogP contribution in [0.2, 0.25) is 0 Å². The maximum Gasteiger partial charge on any atom is 0.0558 e. The molecular formula is C41H32Au2N4-4. The molecule has 47 heavy (non-hydrogen) atoms. The number of benzene rings is 4. The van der Waals surface area contributed by atoms with Crippen molar-refractivity contribution in [3.63, 3.8) is 0 Å². The molecule has 0 bridgehead atoms. The molecular weight excluding hydrogens is 942 g/mol. The molecule has 0 aliphatic heterocycles. The van der Waals surface area contributed by atoms with Gasteiger partial charge in [0.2, 0.25) is 0 Å². The van der Waals surface area contributed by atoms with Crippen LogP contribution in [0, 0.1) is 65.0 Å². The predicted molar refractivity (Wildman–Crippen MR) is 178 cm³/mol. The molecule has 2 heterocycles. The Morgan fingerprint density at radius 1 is 0.574 bits per heavy atom. The first-order valence-corrected chi connectivity index (χ1v) is 15.0. The Hall–Kier alpha value is -4.10. The van der Waals surface area contributed by atoms with Gasteiger partial charge in [-0.2, -0.15) is 0 Å². The topological polar surface area (TPSA) is 35.6 Å². The minimum atomic E-state index is 0. The fourth-order valence-corrected chi connectivity index (χ4v) is 5.79. The largest absolute Gasteiger partial charge is 0.437 e. The third kappa shape index (κ3) is 7.57. The number of fused-ring (bicyclic) bond motifs is 6. The van der Waals surface area contributed by atoms with Crippen molar-refractivity contribution in [1.82, 2.24) is 19.1 Å². The number of rotatable bonds is 2. The number of hydrogen-bond acceptors (Lipinski definition) is 2. The molecule has 2 radical (unpaired) electrons. The van der Waals surface area contributed by atoms with E-state index in [1.165, 1.54) is 44.5 Å². The average molecular weight is 975 g/mol. The van der Waals surface area contributed by atoms with Gasteiger partial charge >= 0.3 is 0 Å². The molecule has 0 spiro atoms. The van der Waals surface area contributed by atoms with Gasteiger partial charge in [0.25, 0.3) is 0 Å². The fourth-order valence-electron chi connectivity index (χ4n) is 5.79. The molecule has 0 saturated carbocycles. The first-order chi connectivity index (χ1) is 21.9. The van der Waals surface area contributed by atoms with E-state index in [4.69, 9.17) is 12.8 Å². The van der Waals surface area contributed by atoms with E-state index in [0.717, 1.165) is 46.7 Å². The maximum absolute atomic E-state index is 7.14. The summed E-state index contributed by atoms with van der Waals surface area (Å²) in [5.41, 5.74) is 16.6. The van der Waals surface area contributed by atoms with Gasteiger partial charge in [0.05, 0.1) is 6.67 Å². The molecule has 0 N–H and O–H groups in total. The van der Waals surface area contributed by atoms with Gasteiger partial charge in [0, 0.05) is 57.4 Å². The van der Waals surface area contributed by atoms with Gasteiger partial charge in [-0.25, -0.2) is 0 Å². The number of nitrogens with zero attached hydrogens (tertiary/aromatic N) is 4. The number of imidazole rings is 2. The van der Waals surface area contributed by atoms with Crippen molar-refractivity contribution in [2.45, 2.75) is 47.2 Å². The van der Waals surface area contributed by atoms with Crippen LogP contribution in [0.4, 0.5) is 0 Å². The van der Waals surface area contributed by atoms with Crippen LogP contribution in [0.25, 0.3) is 22.3 Å². The number of hydrogen-bond donors (Lipinski definition) is 0. The van der Waals surface area contributed by atoms with Crippen LogP contribution in [0.1, 0.15) is 56.2 Å². The Balaban J connectivity index is 0.000000156. The van der Waals surface area contributed by atoms with Crippen LogP contribution in [0.3, 0.4) is 0 Å². The molecule has 4 aromatic carbocycles. The van der Waals surface area contributed by atoms with Crippen molar-refractivity contribution in [1.29, 1.82) is 0 Å². The van der Waals surface area contributed by atoms with Crippen LogP contribution in [0.5, 0.6) is 0 Å². The molecule has 242 valence electrons. The molecule has 0 unspecified atom stereocenters. The summed E-state index contributed by atoms with van der Waals surface area (Å²) in [6, 6.07) is 29.1. The zero-order valence-corrected chi connectivity index (χ0v) is 30.9. The van der Waals surface area contributed by atoms with Crippen LogP contribution >= 0.6 is 0 Å². The summed E-state index contributed by atoms with van der Waals surface area (Å²) < 4.78 is 3.94. The van der Waals surface area contributed by atoms with Crippen molar-refractivity contribution in [2.75, 3.05) is 0 Å². The van der Waals surface area contributed by atoms with E-state index in [2.05, 4.69) is 95.1 Å². The molecule has 0 amide bonds. The molecule has 2 aromatic heterocycles. The fraction of sp³-hybridized carbons (Fsp3) is 0.171. The van der Waals surface area contributed by atoms with Gasteiger partial charge in [0.1, 0.15) is 0 Å². The Kier molecular flexibility index (Phi) is 11.9. The normalized spacial score (nSPS) is 10.9. The van der Waals surface area contributed by atoms with Gasteiger partial charge in [0.15, 0.2) is 0 Å². The molecule has 8 rings (SSSR count). The summed E-state index contributed by atoms with van der Waals surface area (Å²) in [5.74, 6) is 4.87. The number of aryl methyl sites for hydroxylation is 2. The minimum Gasteiger partial charge on any atom is -0.437 e. The standard InChI is InChI=1S/2C15H9.C11H14N4.2Au/c2*1-2-11-7-8-13-10-12-5-3-4-6-14(12)15(13)9-11;1-8-10(3)14(5-12-8)7-15-6-13-9(2)11(15)4;;/h2*3-9H,10H2;7H2,1-4H3;;/q2*-1;-2;;. The van der Waals surface area contributed by atoms with Gasteiger partial charge < -0.3 is 31.9 Å². The average Bonchev–Trinajstić information content (AvgIpc) is 3.82. The van der Waals surface area contributed by atoms with Gasteiger partial charge in [-0.05, 0) is 57.3 Å². The summed E-state index contributed by atoms with van der Waals surface area (Å²) >= 11 is 0. The molecule has 6 heteroatoms. The smallest absolute Gasteiger partial charge is 0.0558 e. The van der Waals surface area contributed by atoms with Crippen molar-refractivity contribution in [3.05, 3.63) is 167 Å². The van der Waals surface area contributed by atoms with Crippen LogP contribution in [-0.2, 0) is 64.3 Å². The van der Waals surface area contributed by atoms with Gasteiger partial charge in [-0.15, -0.1) is 46.8 Å². The second kappa shape index (κ2) is 15.7. The predicted octanol–water partition coefficient (Wildman–Crippen LogP) is 7.81. The Bertz CT molecular complexity index is 1970. The third-order valence-corrected chi connectivity index (χ3v) is 8.70. The van der Waals surface area contributed by atoms with E-state index < -0.39 is 0 Å². The van der Waals surface area contributed by atoms with E-state index in [1.54, 1.807) is 0 Å². The van der Waals surface area contributed by atoms with Gasteiger partial charge in [-0.3, -0.25) is 11.8 Å². The van der Waals surface area contributed by atoms with Crippen LogP contribution in [0.15, 0.2) is 84.9 Å². The first-order valence-electron chi connectivity index (χ1n) is 15.0. The monoisotopic (exact) mass is 974 g/mol. The van der Waals surface area contributed by atoms with Crippen molar-refractivity contribution >= 4 is 0 Å². The van der Waals surface area contributed by atoms with E-state index in [9.17, 15) is 0 Å². The van der Waals surface area contributed by atoms with E-state index in [0.29, 0.717) is 6.67 Å². The zero-order chi connectivity index (χ0) is 31.5. The number of aromatic nitrogens is 4. The Labute approximate surface area is 309 Å². The van der Waals surface area contributed by atoms with Crippen LogP contribution < -0.4 is 0 Å². The molecule has 0 atom stereocenters. The maximum atomic E-state index is 7.14. The van der Waals surface area contributed by atoms with Crippen molar-refractivity contribution < 1.29 is 44.8 Å². The van der Waals surface area contributed by atoms with E-state index in [1.807, 2.05) is 61.1 Å². The SMILES string of the molecule is Cc1n[c-]n(Cn2[c-]nc(C)c2C)c1C.[Au].[Au].[C-]#Cc1ccc2c(c1)-c1ccccc1C2.[C-]#Cc1ccc2c(c1)-c1ccccc1C2. The Morgan fingerprint density at radius 2 is 0.957 bits per heavy atom. The quantitative estimate of drug-likeness (QED) is 0.101. The van der Waals surface area contributed by atoms with Gasteiger partial charge in [-0.1, -0.05) is 99.7 Å². The summed E-state index contributed by atoms with van der Waals surface area (Å²) in [5, 5.41) is 0. The third-order valence-electron chi connectivity index (χ3n) is 8.70. The summed E-state index contributed by atoms with van der Waals surface area (Å²) in [6.45, 7) is 8.73. The zero-order valence-electron chi connectivity index (χ0n) is 26.6. The van der Waals surface area contributed by atoms with Crippen molar-refractivity contribution in [3.8, 4) is 34.1 Å². The summed E-state index contributed by atoms with van der Waals surface area (Å²) in [7, 11) is 0. The second-order valence-electron chi connectivity index (χ2n) is 11.4. The van der Waals surface area contributed by atoms with E-state index >= 15 is 0 Å². The van der Waals surface area contributed by atoms with Crippen molar-refractivity contribution in [2.24, 2.45) is 0 Å². The minimum absolute atomic E-state index is 0. The summed E-state index contributed by atoms with van der Waals surface area (Å²) in [4.78, 5) is 8.28. The van der Waals surface area contributed by atoms with E-state index in [-0.39, 0.29) is 44.8 Å². The molecule has 6 aromatic rings. The second-order valence-corrected chi connectivity index (χ2v) is 11.4.